The highest BCUT2D eigenvalue weighted by Crippen LogP contribution is 2.44. The molecule has 0 aromatic heterocycles. The molecule has 1 aliphatic rings. The maximum absolute atomic E-state index is 13.2. The third-order valence-electron chi connectivity index (χ3n) is 5.46. The van der Waals surface area contributed by atoms with E-state index in [4.69, 9.17) is 32.7 Å². The number of Topliss-reactive ketones (excluding diaryl/α,β-unsaturated/α-hetero) is 1. The van der Waals surface area contributed by atoms with Crippen LogP contribution in [0.1, 0.15) is 24.1 Å². The summed E-state index contributed by atoms with van der Waals surface area (Å²) < 4.78 is 10.7. The first kappa shape index (κ1) is 23.7. The van der Waals surface area contributed by atoms with E-state index in [0.717, 1.165) is 0 Å². The predicted molar refractivity (Wildman–Crippen MR) is 132 cm³/mol. The summed E-state index contributed by atoms with van der Waals surface area (Å²) in [7, 11) is 1.42. The number of anilines is 1. The second-order valence-corrected chi connectivity index (χ2v) is 8.29. The first-order valence-corrected chi connectivity index (χ1v) is 11.2. The molecule has 1 fully saturated rings. The van der Waals surface area contributed by atoms with E-state index in [-0.39, 0.29) is 32.7 Å². The van der Waals surface area contributed by atoms with Crippen molar-refractivity contribution in [2.75, 3.05) is 18.6 Å². The molecule has 1 saturated heterocycles. The smallest absolute Gasteiger partial charge is 0.300 e. The summed E-state index contributed by atoms with van der Waals surface area (Å²) in [6.07, 6.45) is 0. The first-order chi connectivity index (χ1) is 16.4. The number of aliphatic hydroxyl groups excluding tert-OH is 1. The quantitative estimate of drug-likeness (QED) is 0.255. The van der Waals surface area contributed by atoms with E-state index in [1.807, 2.05) is 13.0 Å². The van der Waals surface area contributed by atoms with Gasteiger partial charge in [-0.25, -0.2) is 0 Å². The Balaban J connectivity index is 1.90. The summed E-state index contributed by atoms with van der Waals surface area (Å²) in [6.45, 7) is 2.38. The molecule has 174 valence electrons. The van der Waals surface area contributed by atoms with Crippen LogP contribution in [-0.2, 0) is 9.59 Å². The highest BCUT2D eigenvalue weighted by atomic mass is 35.5. The number of benzene rings is 3. The standard InChI is InChI=1S/C26H21Cl2NO5/c1-3-34-18-11-9-17(10-12-18)29-22(15-7-5-4-6-8-15)21(24(31)26(29)32)23(30)16-13-19(27)25(33-2)20(28)14-16/h4-14,22,30H,3H2,1-2H3/b23-21+. The second kappa shape index (κ2) is 9.79. The van der Waals surface area contributed by atoms with E-state index in [0.29, 0.717) is 23.6 Å². The van der Waals surface area contributed by atoms with Crippen molar-refractivity contribution in [3.63, 3.8) is 0 Å². The number of aliphatic hydroxyl groups is 1. The average Bonchev–Trinajstić information content (AvgIpc) is 3.10. The maximum atomic E-state index is 13.2. The number of hydrogen-bond donors (Lipinski definition) is 1. The summed E-state index contributed by atoms with van der Waals surface area (Å²) in [5.74, 6) is -1.07. The number of amides is 1. The number of ether oxygens (including phenoxy) is 2. The molecular formula is C26H21Cl2NO5. The Bertz CT molecular complexity index is 1250. The van der Waals surface area contributed by atoms with Crippen LogP contribution in [0.5, 0.6) is 11.5 Å². The fourth-order valence-electron chi connectivity index (χ4n) is 3.97. The normalized spacial score (nSPS) is 17.2. The van der Waals surface area contributed by atoms with Crippen molar-refractivity contribution in [1.29, 1.82) is 0 Å². The summed E-state index contributed by atoms with van der Waals surface area (Å²) in [5.41, 5.74) is 1.27. The molecule has 1 atom stereocenters. The van der Waals surface area contributed by atoms with Gasteiger partial charge in [-0.1, -0.05) is 53.5 Å². The number of methoxy groups -OCH3 is 1. The molecular weight excluding hydrogens is 477 g/mol. The van der Waals surface area contributed by atoms with Gasteiger partial charge in [-0.2, -0.15) is 0 Å². The van der Waals surface area contributed by atoms with E-state index < -0.39 is 17.7 Å². The molecule has 0 radical (unpaired) electrons. The number of rotatable bonds is 6. The van der Waals surface area contributed by atoms with Crippen LogP contribution in [-0.4, -0.2) is 30.5 Å². The van der Waals surface area contributed by atoms with Crippen molar-refractivity contribution in [3.05, 3.63) is 93.5 Å². The summed E-state index contributed by atoms with van der Waals surface area (Å²) in [5, 5.41) is 11.6. The van der Waals surface area contributed by atoms with Crippen LogP contribution in [0.2, 0.25) is 10.0 Å². The minimum atomic E-state index is -0.862. The van der Waals surface area contributed by atoms with Crippen molar-refractivity contribution >= 4 is 46.3 Å². The zero-order chi connectivity index (χ0) is 24.4. The number of ketones is 1. The lowest BCUT2D eigenvalue weighted by Crippen LogP contribution is -2.29. The average molecular weight is 498 g/mol. The molecule has 3 aromatic rings. The van der Waals surface area contributed by atoms with E-state index in [2.05, 4.69) is 0 Å². The highest BCUT2D eigenvalue weighted by molar-refractivity contribution is 6.51. The first-order valence-electron chi connectivity index (χ1n) is 10.5. The third kappa shape index (κ3) is 4.22. The molecule has 4 rings (SSSR count). The number of carbonyl (C=O) groups is 2. The Morgan fingerprint density at radius 3 is 2.18 bits per heavy atom. The van der Waals surface area contributed by atoms with Gasteiger partial charge in [0.1, 0.15) is 11.5 Å². The van der Waals surface area contributed by atoms with E-state index in [9.17, 15) is 14.7 Å². The minimum Gasteiger partial charge on any atom is -0.507 e. The minimum absolute atomic E-state index is 0.0672. The SMILES string of the molecule is CCOc1ccc(N2C(=O)C(=O)/C(=C(/O)c3cc(Cl)c(OC)c(Cl)c3)C2c2ccccc2)cc1. The van der Waals surface area contributed by atoms with Crippen LogP contribution >= 0.6 is 23.2 Å². The van der Waals surface area contributed by atoms with Gasteiger partial charge in [0.05, 0.1) is 35.4 Å². The van der Waals surface area contributed by atoms with E-state index >= 15 is 0 Å². The lowest BCUT2D eigenvalue weighted by atomic mass is 9.95. The van der Waals surface area contributed by atoms with Crippen LogP contribution in [0, 0.1) is 0 Å². The largest absolute Gasteiger partial charge is 0.507 e. The second-order valence-electron chi connectivity index (χ2n) is 7.48. The van der Waals surface area contributed by atoms with Crippen LogP contribution in [0.25, 0.3) is 5.76 Å². The molecule has 34 heavy (non-hydrogen) atoms. The molecule has 1 N–H and O–H groups in total. The van der Waals surface area contributed by atoms with E-state index in [1.54, 1.807) is 48.5 Å². The monoisotopic (exact) mass is 497 g/mol. The molecule has 0 spiro atoms. The van der Waals surface area contributed by atoms with Crippen LogP contribution < -0.4 is 14.4 Å². The Kier molecular flexibility index (Phi) is 6.82. The zero-order valence-electron chi connectivity index (χ0n) is 18.4. The molecule has 1 amide bonds. The molecule has 0 aliphatic carbocycles. The molecule has 6 nitrogen and oxygen atoms in total. The Hall–Kier alpha value is -3.48. The van der Waals surface area contributed by atoms with Crippen molar-refractivity contribution in [2.45, 2.75) is 13.0 Å². The molecule has 1 aliphatic heterocycles. The number of carbonyl (C=O) groups excluding carboxylic acids is 2. The Morgan fingerprint density at radius 2 is 1.62 bits per heavy atom. The number of nitrogens with zero attached hydrogens (tertiary/aromatic N) is 1. The van der Waals surface area contributed by atoms with Crippen molar-refractivity contribution < 1.29 is 24.2 Å². The van der Waals surface area contributed by atoms with Crippen LogP contribution in [0.3, 0.4) is 0 Å². The number of hydrogen-bond acceptors (Lipinski definition) is 5. The van der Waals surface area contributed by atoms with Crippen molar-refractivity contribution in [2.24, 2.45) is 0 Å². The van der Waals surface area contributed by atoms with Crippen molar-refractivity contribution in [3.8, 4) is 11.5 Å². The van der Waals surface area contributed by atoms with Gasteiger partial charge < -0.3 is 14.6 Å². The van der Waals surface area contributed by atoms with Gasteiger partial charge in [0.15, 0.2) is 5.75 Å². The molecule has 1 unspecified atom stereocenters. The summed E-state index contributed by atoms with van der Waals surface area (Å²) >= 11 is 12.5. The van der Waals surface area contributed by atoms with Crippen LogP contribution in [0.4, 0.5) is 5.69 Å². The molecule has 0 saturated carbocycles. The van der Waals surface area contributed by atoms with Gasteiger partial charge in [0, 0.05) is 11.3 Å². The summed E-state index contributed by atoms with van der Waals surface area (Å²) in [4.78, 5) is 27.8. The molecule has 0 bridgehead atoms. The predicted octanol–water partition coefficient (Wildman–Crippen LogP) is 6.03. The maximum Gasteiger partial charge on any atom is 0.300 e. The third-order valence-corrected chi connectivity index (χ3v) is 6.02. The molecule has 8 heteroatoms. The topological polar surface area (TPSA) is 76.1 Å². The van der Waals surface area contributed by atoms with Gasteiger partial charge in [0.25, 0.3) is 11.7 Å². The van der Waals surface area contributed by atoms with E-state index in [1.165, 1.54) is 24.1 Å². The molecule has 3 aromatic carbocycles. The number of halogens is 2. The van der Waals surface area contributed by atoms with Crippen LogP contribution in [0.15, 0.2) is 72.3 Å². The fourth-order valence-corrected chi connectivity index (χ4v) is 4.61. The summed E-state index contributed by atoms with van der Waals surface area (Å²) in [6, 6.07) is 17.9. The van der Waals surface area contributed by atoms with Gasteiger partial charge in [-0.05, 0) is 48.9 Å². The van der Waals surface area contributed by atoms with Gasteiger partial charge in [-0.3, -0.25) is 14.5 Å². The van der Waals surface area contributed by atoms with Gasteiger partial charge >= 0.3 is 0 Å². The zero-order valence-corrected chi connectivity index (χ0v) is 19.9. The highest BCUT2D eigenvalue weighted by Gasteiger charge is 2.47. The van der Waals surface area contributed by atoms with Crippen molar-refractivity contribution in [1.82, 2.24) is 0 Å². The Labute approximate surface area is 206 Å². The fraction of sp³-hybridized carbons (Fsp3) is 0.154. The lowest BCUT2D eigenvalue weighted by molar-refractivity contribution is -0.132. The Morgan fingerprint density at radius 1 is 1.00 bits per heavy atom. The molecule has 1 heterocycles. The lowest BCUT2D eigenvalue weighted by Gasteiger charge is -2.25. The van der Waals surface area contributed by atoms with Gasteiger partial charge in [0.2, 0.25) is 0 Å². The van der Waals surface area contributed by atoms with Gasteiger partial charge in [-0.15, -0.1) is 0 Å².